The number of aromatic carboxylic acids is 1. The van der Waals surface area contributed by atoms with E-state index in [2.05, 4.69) is 10.3 Å². The third-order valence-electron chi connectivity index (χ3n) is 2.98. The van der Waals surface area contributed by atoms with Crippen molar-refractivity contribution < 1.29 is 14.6 Å². The number of anilines is 2. The van der Waals surface area contributed by atoms with Crippen LogP contribution in [0.15, 0.2) is 42.5 Å². The molecule has 0 spiro atoms. The third kappa shape index (κ3) is 2.66. The van der Waals surface area contributed by atoms with Crippen LogP contribution in [0.1, 0.15) is 10.4 Å². The second-order valence-corrected chi connectivity index (χ2v) is 5.36. The highest BCUT2D eigenvalue weighted by atomic mass is 32.1. The number of ether oxygens (including phenoxy) is 1. The summed E-state index contributed by atoms with van der Waals surface area (Å²) in [6, 6.07) is 12.7. The molecule has 0 bridgehead atoms. The lowest BCUT2D eigenvalue weighted by atomic mass is 10.2. The van der Waals surface area contributed by atoms with Crippen LogP contribution in [0.4, 0.5) is 10.8 Å². The summed E-state index contributed by atoms with van der Waals surface area (Å²) in [6.45, 7) is 0. The van der Waals surface area contributed by atoms with E-state index >= 15 is 0 Å². The lowest BCUT2D eigenvalue weighted by Crippen LogP contribution is -2.01. The highest BCUT2D eigenvalue weighted by Gasteiger charge is 2.12. The van der Waals surface area contributed by atoms with Crippen LogP contribution in [0.3, 0.4) is 0 Å². The molecule has 0 aliphatic carbocycles. The van der Waals surface area contributed by atoms with E-state index in [0.717, 1.165) is 21.0 Å². The van der Waals surface area contributed by atoms with Crippen molar-refractivity contribution in [2.45, 2.75) is 0 Å². The van der Waals surface area contributed by atoms with Crippen molar-refractivity contribution >= 4 is 38.3 Å². The van der Waals surface area contributed by atoms with Gasteiger partial charge in [0.1, 0.15) is 11.3 Å². The molecule has 2 N–H and O–H groups in total. The molecule has 0 aliphatic rings. The summed E-state index contributed by atoms with van der Waals surface area (Å²) in [6.07, 6.45) is 0. The SMILES string of the molecule is COc1cc(Nc2nc3ccccc3s2)ccc1C(=O)O. The number of nitrogens with zero attached hydrogens (tertiary/aromatic N) is 1. The zero-order valence-electron chi connectivity index (χ0n) is 11.2. The number of aromatic nitrogens is 1. The van der Waals surface area contributed by atoms with Crippen LogP contribution in [0, 0.1) is 0 Å². The molecule has 0 saturated heterocycles. The maximum atomic E-state index is 11.1. The highest BCUT2D eigenvalue weighted by Crippen LogP contribution is 2.30. The number of nitrogens with one attached hydrogen (secondary N) is 1. The van der Waals surface area contributed by atoms with Gasteiger partial charge in [0.25, 0.3) is 0 Å². The van der Waals surface area contributed by atoms with E-state index in [1.165, 1.54) is 24.5 Å². The predicted molar refractivity (Wildman–Crippen MR) is 82.9 cm³/mol. The smallest absolute Gasteiger partial charge is 0.339 e. The predicted octanol–water partition coefficient (Wildman–Crippen LogP) is 3.75. The minimum absolute atomic E-state index is 0.132. The Morgan fingerprint density at radius 3 is 2.81 bits per heavy atom. The van der Waals surface area contributed by atoms with Crippen molar-refractivity contribution in [3.8, 4) is 5.75 Å². The Bertz CT molecular complexity index is 781. The van der Waals surface area contributed by atoms with Gasteiger partial charge in [-0.2, -0.15) is 0 Å². The molecule has 0 atom stereocenters. The Kier molecular flexibility index (Phi) is 3.45. The van der Waals surface area contributed by atoms with E-state index in [1.807, 2.05) is 24.3 Å². The molecule has 6 heteroatoms. The van der Waals surface area contributed by atoms with Gasteiger partial charge in [-0.15, -0.1) is 0 Å². The monoisotopic (exact) mass is 300 g/mol. The van der Waals surface area contributed by atoms with Crippen LogP contribution in [-0.2, 0) is 0 Å². The van der Waals surface area contributed by atoms with Gasteiger partial charge in [-0.05, 0) is 24.3 Å². The molecular weight excluding hydrogens is 288 g/mol. The molecule has 2 aromatic carbocycles. The largest absolute Gasteiger partial charge is 0.496 e. The summed E-state index contributed by atoms with van der Waals surface area (Å²) < 4.78 is 6.20. The number of carboxylic acids is 1. The van der Waals surface area contributed by atoms with Gasteiger partial charge >= 0.3 is 5.97 Å². The number of hydrogen-bond acceptors (Lipinski definition) is 5. The average molecular weight is 300 g/mol. The lowest BCUT2D eigenvalue weighted by Gasteiger charge is -2.08. The second-order valence-electron chi connectivity index (χ2n) is 4.33. The Labute approximate surface area is 124 Å². The fourth-order valence-electron chi connectivity index (χ4n) is 1.99. The van der Waals surface area contributed by atoms with Crippen LogP contribution < -0.4 is 10.1 Å². The van der Waals surface area contributed by atoms with E-state index in [-0.39, 0.29) is 5.56 Å². The van der Waals surface area contributed by atoms with Gasteiger partial charge in [0.2, 0.25) is 0 Å². The quantitative estimate of drug-likeness (QED) is 0.768. The van der Waals surface area contributed by atoms with Crippen molar-refractivity contribution in [2.75, 3.05) is 12.4 Å². The Morgan fingerprint density at radius 1 is 1.29 bits per heavy atom. The lowest BCUT2D eigenvalue weighted by molar-refractivity contribution is 0.0693. The molecule has 3 rings (SSSR count). The first-order valence-corrected chi connectivity index (χ1v) is 7.03. The first-order valence-electron chi connectivity index (χ1n) is 6.21. The molecule has 3 aromatic rings. The van der Waals surface area contributed by atoms with Crippen LogP contribution in [-0.4, -0.2) is 23.2 Å². The second kappa shape index (κ2) is 5.41. The third-order valence-corrected chi connectivity index (χ3v) is 3.93. The Balaban J connectivity index is 1.92. The van der Waals surface area contributed by atoms with Gasteiger partial charge in [0.05, 0.1) is 17.3 Å². The number of carboxylic acid groups (broad SMARTS) is 1. The van der Waals surface area contributed by atoms with E-state index in [9.17, 15) is 4.79 Å². The summed E-state index contributed by atoms with van der Waals surface area (Å²) in [5.41, 5.74) is 1.79. The number of thiazole rings is 1. The van der Waals surface area contributed by atoms with Gasteiger partial charge in [-0.3, -0.25) is 0 Å². The maximum Gasteiger partial charge on any atom is 0.339 e. The van der Waals surface area contributed by atoms with E-state index in [0.29, 0.717) is 5.75 Å². The number of fused-ring (bicyclic) bond motifs is 1. The normalized spacial score (nSPS) is 10.5. The van der Waals surface area contributed by atoms with Gasteiger partial charge in [0, 0.05) is 11.8 Å². The van der Waals surface area contributed by atoms with Crippen molar-refractivity contribution in [2.24, 2.45) is 0 Å². The molecule has 0 radical (unpaired) electrons. The minimum Gasteiger partial charge on any atom is -0.496 e. The zero-order valence-corrected chi connectivity index (χ0v) is 12.0. The molecule has 0 unspecified atom stereocenters. The topological polar surface area (TPSA) is 71.5 Å². The van der Waals surface area contributed by atoms with Gasteiger partial charge in [-0.25, -0.2) is 9.78 Å². The molecule has 106 valence electrons. The van der Waals surface area contributed by atoms with E-state index in [1.54, 1.807) is 12.1 Å². The first kappa shape index (κ1) is 13.4. The molecule has 21 heavy (non-hydrogen) atoms. The summed E-state index contributed by atoms with van der Waals surface area (Å²) >= 11 is 1.54. The number of benzene rings is 2. The molecular formula is C15H12N2O3S. The number of rotatable bonds is 4. The van der Waals surface area contributed by atoms with E-state index in [4.69, 9.17) is 9.84 Å². The van der Waals surface area contributed by atoms with Crippen LogP contribution in [0.2, 0.25) is 0 Å². The average Bonchev–Trinajstić information content (AvgIpc) is 2.88. The molecule has 5 nitrogen and oxygen atoms in total. The highest BCUT2D eigenvalue weighted by molar-refractivity contribution is 7.22. The van der Waals surface area contributed by atoms with Crippen LogP contribution in [0.5, 0.6) is 5.75 Å². The van der Waals surface area contributed by atoms with Gasteiger partial charge in [0.15, 0.2) is 5.13 Å². The molecule has 0 amide bonds. The van der Waals surface area contributed by atoms with Gasteiger partial charge < -0.3 is 15.2 Å². The molecule has 0 fully saturated rings. The Hall–Kier alpha value is -2.60. The molecule has 0 aliphatic heterocycles. The Morgan fingerprint density at radius 2 is 2.10 bits per heavy atom. The van der Waals surface area contributed by atoms with Crippen LogP contribution >= 0.6 is 11.3 Å². The van der Waals surface area contributed by atoms with Crippen molar-refractivity contribution in [1.82, 2.24) is 4.98 Å². The number of carbonyl (C=O) groups is 1. The molecule has 0 saturated carbocycles. The van der Waals surface area contributed by atoms with Gasteiger partial charge in [-0.1, -0.05) is 23.5 Å². The van der Waals surface area contributed by atoms with Crippen molar-refractivity contribution in [1.29, 1.82) is 0 Å². The fourth-order valence-corrected chi connectivity index (χ4v) is 2.88. The standard InChI is InChI=1S/C15H12N2O3S/c1-20-12-8-9(6-7-10(12)14(18)19)16-15-17-11-4-2-3-5-13(11)21-15/h2-8H,1H3,(H,16,17)(H,18,19). The van der Waals surface area contributed by atoms with Crippen molar-refractivity contribution in [3.05, 3.63) is 48.0 Å². The number of para-hydroxylation sites is 1. The summed E-state index contributed by atoms with van der Waals surface area (Å²) in [5, 5.41) is 13.0. The van der Waals surface area contributed by atoms with Crippen LogP contribution in [0.25, 0.3) is 10.2 Å². The fraction of sp³-hybridized carbons (Fsp3) is 0.0667. The minimum atomic E-state index is -1.02. The summed E-state index contributed by atoms with van der Waals surface area (Å²) in [5.74, 6) is -0.702. The summed E-state index contributed by atoms with van der Waals surface area (Å²) in [7, 11) is 1.45. The van der Waals surface area contributed by atoms with E-state index < -0.39 is 5.97 Å². The zero-order chi connectivity index (χ0) is 14.8. The first-order chi connectivity index (χ1) is 10.2. The summed E-state index contributed by atoms with van der Waals surface area (Å²) in [4.78, 5) is 15.5. The number of hydrogen-bond donors (Lipinski definition) is 2. The van der Waals surface area contributed by atoms with Crippen molar-refractivity contribution in [3.63, 3.8) is 0 Å². The molecule has 1 aromatic heterocycles. The maximum absolute atomic E-state index is 11.1. The molecule has 1 heterocycles. The number of methoxy groups -OCH3 is 1.